The van der Waals surface area contributed by atoms with Gasteiger partial charge in [-0.25, -0.2) is 12.8 Å². The molecule has 1 aromatic carbocycles. The molecule has 0 aliphatic carbocycles. The molecule has 0 bridgehead atoms. The lowest BCUT2D eigenvalue weighted by Gasteiger charge is -2.11. The largest absolute Gasteiger partial charge is 0.398 e. The third-order valence-electron chi connectivity index (χ3n) is 2.51. The molecule has 1 atom stereocenters. The van der Waals surface area contributed by atoms with E-state index < -0.39 is 15.7 Å². The maximum Gasteiger partial charge on any atom is 0.180 e. The lowest BCUT2D eigenvalue weighted by atomic mass is 10.2. The van der Waals surface area contributed by atoms with Crippen LogP contribution in [0.3, 0.4) is 0 Å². The van der Waals surface area contributed by atoms with Gasteiger partial charge in [-0.1, -0.05) is 20.3 Å². The summed E-state index contributed by atoms with van der Waals surface area (Å²) in [5, 5.41) is 0. The zero-order valence-electron chi connectivity index (χ0n) is 9.40. The Morgan fingerprint density at radius 3 is 2.62 bits per heavy atom. The molecule has 3 nitrogen and oxygen atoms in total. The molecule has 90 valence electrons. The molecule has 0 saturated carbocycles. The van der Waals surface area contributed by atoms with E-state index in [0.717, 1.165) is 18.6 Å². The monoisotopic (exact) mass is 245 g/mol. The van der Waals surface area contributed by atoms with Crippen molar-refractivity contribution >= 4 is 15.5 Å². The number of rotatable bonds is 4. The average molecular weight is 245 g/mol. The van der Waals surface area contributed by atoms with Gasteiger partial charge in [0.25, 0.3) is 0 Å². The van der Waals surface area contributed by atoms with E-state index in [0.29, 0.717) is 0 Å². The number of hydrogen-bond donors (Lipinski definition) is 1. The van der Waals surface area contributed by atoms with E-state index in [1.807, 2.05) is 13.8 Å². The fraction of sp³-hybridized carbons (Fsp3) is 0.455. The Hall–Kier alpha value is -1.10. The molecule has 16 heavy (non-hydrogen) atoms. The molecule has 0 heterocycles. The van der Waals surface area contributed by atoms with Crippen molar-refractivity contribution in [3.8, 4) is 0 Å². The van der Waals surface area contributed by atoms with Crippen molar-refractivity contribution in [1.29, 1.82) is 0 Å². The highest BCUT2D eigenvalue weighted by Crippen LogP contribution is 2.22. The van der Waals surface area contributed by atoms with Crippen LogP contribution in [0.2, 0.25) is 0 Å². The Balaban J connectivity index is 3.12. The van der Waals surface area contributed by atoms with Gasteiger partial charge in [0.1, 0.15) is 5.82 Å². The van der Waals surface area contributed by atoms with Gasteiger partial charge >= 0.3 is 0 Å². The summed E-state index contributed by atoms with van der Waals surface area (Å²) >= 11 is 0. The normalized spacial score (nSPS) is 13.7. The number of nitrogen functional groups attached to an aromatic ring is 1. The van der Waals surface area contributed by atoms with Gasteiger partial charge in [0, 0.05) is 0 Å². The number of sulfone groups is 1. The molecule has 0 saturated heterocycles. The second-order valence-corrected chi connectivity index (χ2v) is 5.98. The SMILES string of the molecule is CCC(C)CS(=O)(=O)c1cc(F)ccc1N. The van der Waals surface area contributed by atoms with Crippen molar-refractivity contribution < 1.29 is 12.8 Å². The molecular formula is C11H16FNO2S. The van der Waals surface area contributed by atoms with Crippen molar-refractivity contribution in [2.45, 2.75) is 25.2 Å². The Morgan fingerprint density at radius 1 is 1.44 bits per heavy atom. The van der Waals surface area contributed by atoms with Crippen molar-refractivity contribution in [3.63, 3.8) is 0 Å². The zero-order chi connectivity index (χ0) is 12.3. The molecule has 1 aromatic rings. The summed E-state index contributed by atoms with van der Waals surface area (Å²) in [6, 6.07) is 3.41. The van der Waals surface area contributed by atoms with E-state index in [4.69, 9.17) is 5.73 Å². The molecule has 0 aliphatic rings. The van der Waals surface area contributed by atoms with Gasteiger partial charge in [-0.05, 0) is 24.1 Å². The lowest BCUT2D eigenvalue weighted by Crippen LogP contribution is -2.15. The second-order valence-electron chi connectivity index (χ2n) is 3.98. The highest BCUT2D eigenvalue weighted by molar-refractivity contribution is 7.91. The summed E-state index contributed by atoms with van der Waals surface area (Å²) in [6.45, 7) is 3.75. The van der Waals surface area contributed by atoms with E-state index in [9.17, 15) is 12.8 Å². The van der Waals surface area contributed by atoms with Crippen LogP contribution in [-0.4, -0.2) is 14.2 Å². The van der Waals surface area contributed by atoms with Crippen LogP contribution in [-0.2, 0) is 9.84 Å². The van der Waals surface area contributed by atoms with Gasteiger partial charge in [0.2, 0.25) is 0 Å². The van der Waals surface area contributed by atoms with Crippen molar-refractivity contribution in [3.05, 3.63) is 24.0 Å². The molecule has 0 amide bonds. The van der Waals surface area contributed by atoms with Crippen LogP contribution in [0.4, 0.5) is 10.1 Å². The lowest BCUT2D eigenvalue weighted by molar-refractivity contribution is 0.562. The number of benzene rings is 1. The van der Waals surface area contributed by atoms with Crippen LogP contribution in [0.5, 0.6) is 0 Å². The molecule has 5 heteroatoms. The van der Waals surface area contributed by atoms with Crippen molar-refractivity contribution in [2.75, 3.05) is 11.5 Å². The first-order chi connectivity index (χ1) is 7.36. The summed E-state index contributed by atoms with van der Waals surface area (Å²) < 4.78 is 36.8. The van der Waals surface area contributed by atoms with E-state index in [-0.39, 0.29) is 22.3 Å². The Kier molecular flexibility index (Phi) is 3.91. The summed E-state index contributed by atoms with van der Waals surface area (Å²) in [7, 11) is -3.49. The highest BCUT2D eigenvalue weighted by Gasteiger charge is 2.20. The summed E-state index contributed by atoms with van der Waals surface area (Å²) in [5.74, 6) is -0.554. The van der Waals surface area contributed by atoms with Gasteiger partial charge in [0.15, 0.2) is 9.84 Å². The molecule has 1 rings (SSSR count). The topological polar surface area (TPSA) is 60.2 Å². The molecule has 0 aromatic heterocycles. The smallest absolute Gasteiger partial charge is 0.180 e. The molecule has 0 aliphatic heterocycles. The van der Waals surface area contributed by atoms with Crippen LogP contribution >= 0.6 is 0 Å². The van der Waals surface area contributed by atoms with Gasteiger partial charge < -0.3 is 5.73 Å². The van der Waals surface area contributed by atoms with E-state index in [1.165, 1.54) is 6.07 Å². The van der Waals surface area contributed by atoms with Gasteiger partial charge in [-0.15, -0.1) is 0 Å². The van der Waals surface area contributed by atoms with Crippen LogP contribution < -0.4 is 5.73 Å². The van der Waals surface area contributed by atoms with Gasteiger partial charge in [0.05, 0.1) is 16.3 Å². The molecular weight excluding hydrogens is 229 g/mol. The predicted molar refractivity (Wildman–Crippen MR) is 62.3 cm³/mol. The van der Waals surface area contributed by atoms with Crippen LogP contribution in [0, 0.1) is 11.7 Å². The van der Waals surface area contributed by atoms with Crippen molar-refractivity contribution in [2.24, 2.45) is 5.92 Å². The van der Waals surface area contributed by atoms with E-state index in [2.05, 4.69) is 0 Å². The summed E-state index contributed by atoms with van der Waals surface area (Å²) in [4.78, 5) is -0.104. The third kappa shape index (κ3) is 2.95. The van der Waals surface area contributed by atoms with Gasteiger partial charge in [-0.3, -0.25) is 0 Å². The van der Waals surface area contributed by atoms with Crippen LogP contribution in [0.15, 0.2) is 23.1 Å². The number of nitrogens with two attached hydrogens (primary N) is 1. The zero-order valence-corrected chi connectivity index (χ0v) is 10.2. The Morgan fingerprint density at radius 2 is 2.06 bits per heavy atom. The fourth-order valence-corrected chi connectivity index (χ4v) is 3.24. The maximum atomic E-state index is 13.0. The van der Waals surface area contributed by atoms with Crippen molar-refractivity contribution in [1.82, 2.24) is 0 Å². The first-order valence-corrected chi connectivity index (χ1v) is 6.80. The first-order valence-electron chi connectivity index (χ1n) is 5.14. The maximum absolute atomic E-state index is 13.0. The average Bonchev–Trinajstić information content (AvgIpc) is 2.20. The molecule has 0 fully saturated rings. The Labute approximate surface area is 95.4 Å². The molecule has 0 spiro atoms. The minimum atomic E-state index is -3.49. The third-order valence-corrected chi connectivity index (χ3v) is 4.54. The van der Waals surface area contributed by atoms with Crippen LogP contribution in [0.1, 0.15) is 20.3 Å². The molecule has 1 unspecified atom stereocenters. The fourth-order valence-electron chi connectivity index (χ4n) is 1.36. The minimum Gasteiger partial charge on any atom is -0.398 e. The van der Waals surface area contributed by atoms with E-state index >= 15 is 0 Å². The standard InChI is InChI=1S/C11H16FNO2S/c1-3-8(2)7-16(14,15)11-6-9(12)4-5-10(11)13/h4-6,8H,3,7,13H2,1-2H3. The second kappa shape index (κ2) is 4.82. The number of halogens is 1. The highest BCUT2D eigenvalue weighted by atomic mass is 32.2. The number of hydrogen-bond acceptors (Lipinski definition) is 3. The van der Waals surface area contributed by atoms with Gasteiger partial charge in [-0.2, -0.15) is 0 Å². The number of anilines is 1. The molecule has 0 radical (unpaired) electrons. The summed E-state index contributed by atoms with van der Waals surface area (Å²) in [6.07, 6.45) is 0.758. The molecule has 2 N–H and O–H groups in total. The minimum absolute atomic E-state index is 0.00282. The predicted octanol–water partition coefficient (Wildman–Crippen LogP) is 2.23. The summed E-state index contributed by atoms with van der Waals surface area (Å²) in [5.41, 5.74) is 5.65. The first kappa shape index (κ1) is 13.0. The quantitative estimate of drug-likeness (QED) is 0.827. The Bertz CT molecular complexity index is 471. The van der Waals surface area contributed by atoms with E-state index in [1.54, 1.807) is 0 Å². The van der Waals surface area contributed by atoms with Crippen LogP contribution in [0.25, 0.3) is 0 Å².